The Kier molecular flexibility index (Phi) is 30.3. The average molecular weight is 965 g/mol. The highest BCUT2D eigenvalue weighted by atomic mass is 32.2. The van der Waals surface area contributed by atoms with Gasteiger partial charge in [-0.25, -0.2) is 13.8 Å². The molecule has 1 atom stereocenters. The first-order valence-corrected chi connectivity index (χ1v) is 22.1. The van der Waals surface area contributed by atoms with Gasteiger partial charge < -0.3 is 67.6 Å². The fourth-order valence-corrected chi connectivity index (χ4v) is 6.04. The minimum Gasteiger partial charge on any atom is -0.420 e. The highest BCUT2D eigenvalue weighted by molar-refractivity contribution is 7.85. The monoisotopic (exact) mass is 964 g/mol. The lowest BCUT2D eigenvalue weighted by Crippen LogP contribution is -2.50. The molecule has 0 aromatic heterocycles. The maximum Gasteiger partial charge on any atom is 0.313 e. The largest absolute Gasteiger partial charge is 0.420 e. The van der Waals surface area contributed by atoms with E-state index in [1.54, 1.807) is 7.05 Å². The predicted molar refractivity (Wildman–Crippen MR) is 219 cm³/mol. The topological polar surface area (TPSA) is 247 Å². The number of halogens is 4. The normalized spacial score (nSPS) is 14.2. The number of rotatable bonds is 37. The summed E-state index contributed by atoms with van der Waals surface area (Å²) in [6.45, 7) is 10.3. The molecule has 1 saturated heterocycles. The van der Waals surface area contributed by atoms with Crippen molar-refractivity contribution in [2.24, 2.45) is 4.99 Å². The quantitative estimate of drug-likeness (QED) is 0.0122. The van der Waals surface area contributed by atoms with Crippen LogP contribution in [0.25, 0.3) is 0 Å². The SMILES string of the molecule is C=C/N=C(\NC)C(=O)N1CCC[C@@H]1C(=O)NCCOCCOCCOCCOCCOCCOCCOCCOCCOCCOCCC(=O)Oc1c(F)c(F)c(S(=O)(=O)O)c(F)c1F. The number of nitrogens with one attached hydrogen (secondary N) is 2. The van der Waals surface area contributed by atoms with Crippen LogP contribution in [0.15, 0.2) is 22.7 Å². The number of amides is 2. The van der Waals surface area contributed by atoms with Crippen molar-refractivity contribution < 1.29 is 97.0 Å². The Balaban J connectivity index is 1.26. The summed E-state index contributed by atoms with van der Waals surface area (Å²) in [6.07, 6.45) is 2.01. The van der Waals surface area contributed by atoms with Crippen LogP contribution in [0.4, 0.5) is 17.6 Å². The number of carbonyl (C=O) groups is 3. The lowest BCUT2D eigenvalue weighted by molar-refractivity contribution is -0.136. The van der Waals surface area contributed by atoms with Gasteiger partial charge in [0.2, 0.25) is 23.3 Å². The third kappa shape index (κ3) is 23.4. The number of esters is 1. The highest BCUT2D eigenvalue weighted by Crippen LogP contribution is 2.32. The van der Waals surface area contributed by atoms with Crippen LogP contribution in [-0.4, -0.2) is 200 Å². The Bertz CT molecular complexity index is 1690. The highest BCUT2D eigenvalue weighted by Gasteiger charge is 2.36. The molecule has 1 aromatic carbocycles. The van der Waals surface area contributed by atoms with Crippen LogP contribution in [-0.2, 0) is 71.9 Å². The van der Waals surface area contributed by atoms with Gasteiger partial charge in [-0.05, 0) is 12.8 Å². The summed E-state index contributed by atoms with van der Waals surface area (Å²) in [6, 6.07) is -0.550. The van der Waals surface area contributed by atoms with Gasteiger partial charge in [0.05, 0.1) is 139 Å². The molecule has 0 saturated carbocycles. The van der Waals surface area contributed by atoms with Crippen molar-refractivity contribution in [1.29, 1.82) is 0 Å². The van der Waals surface area contributed by atoms with Gasteiger partial charge in [0.1, 0.15) is 6.04 Å². The number of likely N-dealkylation sites (N-methyl/N-ethyl adjacent to an activating group) is 1. The van der Waals surface area contributed by atoms with E-state index < -0.39 is 62.5 Å². The summed E-state index contributed by atoms with van der Waals surface area (Å²) < 4.78 is 145. The van der Waals surface area contributed by atoms with Crippen molar-refractivity contribution in [1.82, 2.24) is 15.5 Å². The molecule has 3 N–H and O–H groups in total. The second-order valence-corrected chi connectivity index (χ2v) is 14.5. The summed E-state index contributed by atoms with van der Waals surface area (Å²) in [5, 5.41) is 5.55. The summed E-state index contributed by atoms with van der Waals surface area (Å²) in [4.78, 5) is 40.3. The summed E-state index contributed by atoms with van der Waals surface area (Å²) in [5.74, 6) is -13.1. The minimum atomic E-state index is -5.65. The number of aliphatic imine (C=N–C) groups is 1. The Morgan fingerprint density at radius 2 is 1.06 bits per heavy atom. The average Bonchev–Trinajstić information content (AvgIpc) is 3.78. The molecule has 2 amide bonds. The zero-order valence-corrected chi connectivity index (χ0v) is 37.1. The Labute approximate surface area is 375 Å². The van der Waals surface area contributed by atoms with Gasteiger partial charge in [0.25, 0.3) is 5.91 Å². The molecule has 1 fully saturated rings. The summed E-state index contributed by atoms with van der Waals surface area (Å²) >= 11 is 0. The molecule has 2 rings (SSSR count). The maximum absolute atomic E-state index is 14.0. The fourth-order valence-electron chi connectivity index (χ4n) is 5.41. The van der Waals surface area contributed by atoms with Gasteiger partial charge in [-0.1, -0.05) is 6.58 Å². The number of hydrogen-bond acceptors (Lipinski definition) is 17. The van der Waals surface area contributed by atoms with Gasteiger partial charge in [0, 0.05) is 26.3 Å². The van der Waals surface area contributed by atoms with Crippen LogP contribution in [0.1, 0.15) is 19.3 Å². The molecule has 0 radical (unpaired) electrons. The van der Waals surface area contributed by atoms with Crippen LogP contribution in [0.2, 0.25) is 0 Å². The van der Waals surface area contributed by atoms with Gasteiger partial charge in [-0.2, -0.15) is 17.2 Å². The van der Waals surface area contributed by atoms with E-state index >= 15 is 0 Å². The number of nitrogens with zero attached hydrogens (tertiary/aromatic N) is 2. The first-order valence-electron chi connectivity index (χ1n) is 20.6. The fraction of sp³-hybridized carbons (Fsp3) is 0.692. The second-order valence-electron chi connectivity index (χ2n) is 13.1. The maximum atomic E-state index is 14.0. The van der Waals surface area contributed by atoms with E-state index in [1.165, 1.54) is 11.1 Å². The van der Waals surface area contributed by atoms with Crippen molar-refractivity contribution in [2.75, 3.05) is 152 Å². The zero-order valence-electron chi connectivity index (χ0n) is 36.3. The molecular formula is C39H60F4N4O17S. The Hall–Kier alpha value is -3.93. The minimum absolute atomic E-state index is 0.0197. The van der Waals surface area contributed by atoms with Crippen molar-refractivity contribution in [3.63, 3.8) is 0 Å². The van der Waals surface area contributed by atoms with E-state index in [9.17, 15) is 40.4 Å². The first kappa shape index (κ1) is 57.2. The molecular weight excluding hydrogens is 904 g/mol. The third-order valence-electron chi connectivity index (χ3n) is 8.48. The number of ether oxygens (including phenoxy) is 11. The van der Waals surface area contributed by atoms with Gasteiger partial charge >= 0.3 is 16.1 Å². The summed E-state index contributed by atoms with van der Waals surface area (Å²) in [7, 11) is -4.05. The van der Waals surface area contributed by atoms with Crippen molar-refractivity contribution in [3.05, 3.63) is 36.0 Å². The van der Waals surface area contributed by atoms with Crippen LogP contribution >= 0.6 is 0 Å². The molecule has 1 aliphatic rings. The molecule has 26 heteroatoms. The lowest BCUT2D eigenvalue weighted by Gasteiger charge is -2.24. The predicted octanol–water partition coefficient (Wildman–Crippen LogP) is 0.820. The summed E-state index contributed by atoms with van der Waals surface area (Å²) in [5.41, 5.74) is 0. The van der Waals surface area contributed by atoms with E-state index in [2.05, 4.69) is 26.9 Å². The van der Waals surface area contributed by atoms with Gasteiger partial charge in [-0.15, -0.1) is 0 Å². The molecule has 0 aliphatic carbocycles. The molecule has 0 spiro atoms. The molecule has 21 nitrogen and oxygen atoms in total. The molecule has 65 heavy (non-hydrogen) atoms. The Morgan fingerprint density at radius 3 is 1.43 bits per heavy atom. The van der Waals surface area contributed by atoms with E-state index in [0.29, 0.717) is 119 Å². The van der Waals surface area contributed by atoms with E-state index in [-0.39, 0.29) is 50.7 Å². The third-order valence-corrected chi connectivity index (χ3v) is 9.35. The van der Waals surface area contributed by atoms with E-state index in [4.69, 9.17) is 51.9 Å². The Morgan fingerprint density at radius 1 is 0.677 bits per heavy atom. The van der Waals surface area contributed by atoms with E-state index in [1.807, 2.05) is 0 Å². The molecule has 1 aromatic rings. The van der Waals surface area contributed by atoms with Crippen molar-refractivity contribution >= 4 is 33.7 Å². The number of amidine groups is 1. The molecule has 372 valence electrons. The standard InChI is InChI=1S/C39H60F4N4O17S/c1-3-45-37(44-2)39(50)47-8-4-5-29(47)38(49)46-7-10-55-12-14-57-16-18-59-20-22-61-24-26-63-28-27-62-25-23-60-21-19-58-17-15-56-13-11-54-9-6-30(48)64-35-31(40)33(42)36(65(51,52)53)34(43)32(35)41/h3,29H,1,4-28H2,2H3,(H,44,45)(H,46,49)(H,51,52,53)/t29-/m1/s1. The first-order chi connectivity index (χ1) is 31.3. The molecule has 1 aliphatic heterocycles. The lowest BCUT2D eigenvalue weighted by atomic mass is 10.2. The van der Waals surface area contributed by atoms with Crippen molar-refractivity contribution in [3.8, 4) is 5.75 Å². The number of hydrogen-bond donors (Lipinski definition) is 3. The smallest absolute Gasteiger partial charge is 0.313 e. The molecule has 0 unspecified atom stereocenters. The zero-order chi connectivity index (χ0) is 47.7. The number of benzene rings is 1. The van der Waals surface area contributed by atoms with Crippen LogP contribution in [0.5, 0.6) is 5.75 Å². The van der Waals surface area contributed by atoms with Gasteiger partial charge in [-0.3, -0.25) is 18.9 Å². The molecule has 0 bridgehead atoms. The van der Waals surface area contributed by atoms with Gasteiger partial charge in [0.15, 0.2) is 22.4 Å². The van der Waals surface area contributed by atoms with Crippen LogP contribution < -0.4 is 15.4 Å². The number of likely N-dealkylation sites (tertiary alicyclic amines) is 1. The second kappa shape index (κ2) is 34.4. The van der Waals surface area contributed by atoms with Crippen LogP contribution in [0, 0.1) is 23.3 Å². The molecule has 1 heterocycles. The van der Waals surface area contributed by atoms with Crippen LogP contribution in [0.3, 0.4) is 0 Å². The van der Waals surface area contributed by atoms with Crippen molar-refractivity contribution in [2.45, 2.75) is 30.2 Å². The van der Waals surface area contributed by atoms with E-state index in [0.717, 1.165) is 6.42 Å². The number of carbonyl (C=O) groups excluding carboxylic acids is 3.